The summed E-state index contributed by atoms with van der Waals surface area (Å²) >= 11 is 0. The zero-order chi connectivity index (χ0) is 11.6. The Morgan fingerprint density at radius 3 is 2.40 bits per heavy atom. The van der Waals surface area contributed by atoms with Gasteiger partial charge in [0.1, 0.15) is 0 Å². The third kappa shape index (κ3) is 9.07. The molecule has 0 bridgehead atoms. The normalized spacial score (nSPS) is 14.1. The molecular weight excluding hydrogens is 182 g/mol. The number of hydrogen-bond acceptors (Lipinski definition) is 1. The fraction of sp³-hybridized carbons (Fsp3) is 0.429. The molecule has 1 nitrogen and oxygen atoms in total. The Labute approximate surface area is 94.1 Å². The van der Waals surface area contributed by atoms with E-state index in [0.717, 1.165) is 12.8 Å². The Morgan fingerprint density at radius 1 is 1.07 bits per heavy atom. The van der Waals surface area contributed by atoms with E-state index in [1.807, 2.05) is 6.08 Å². The minimum Gasteiger partial charge on any atom is -0.405 e. The Bertz CT molecular complexity index is 255. The topological polar surface area (TPSA) is 26.0 Å². The van der Waals surface area contributed by atoms with Crippen LogP contribution in [0.15, 0.2) is 48.7 Å². The van der Waals surface area contributed by atoms with Crippen LogP contribution in [0.3, 0.4) is 0 Å². The molecule has 0 aliphatic heterocycles. The lowest BCUT2D eigenvalue weighted by molar-refractivity contribution is 0.488. The maximum atomic E-state index is 5.23. The molecule has 0 spiro atoms. The molecule has 15 heavy (non-hydrogen) atoms. The first-order valence-corrected chi connectivity index (χ1v) is 5.44. The van der Waals surface area contributed by atoms with Crippen LogP contribution in [-0.4, -0.2) is 0 Å². The summed E-state index contributed by atoms with van der Waals surface area (Å²) in [6, 6.07) is 0. The Morgan fingerprint density at radius 2 is 1.80 bits per heavy atom. The van der Waals surface area contributed by atoms with Gasteiger partial charge in [-0.1, -0.05) is 56.4 Å². The fourth-order valence-electron chi connectivity index (χ4n) is 1.12. The standard InChI is InChI=1S/C14H23N/c1-4-5-11-14(2,3)12-9-7-6-8-10-13-15/h4-7,9-10,12-13H,8,11,15H2,1-3H3/b5-4?,7-6-,12-9-,13-10-. The molecule has 0 heterocycles. The fourth-order valence-corrected chi connectivity index (χ4v) is 1.12. The molecule has 0 atom stereocenters. The van der Waals surface area contributed by atoms with Gasteiger partial charge in [0.2, 0.25) is 0 Å². The first kappa shape index (κ1) is 13.8. The van der Waals surface area contributed by atoms with Gasteiger partial charge < -0.3 is 5.73 Å². The van der Waals surface area contributed by atoms with Crippen molar-refractivity contribution >= 4 is 0 Å². The van der Waals surface area contributed by atoms with E-state index in [-0.39, 0.29) is 5.41 Å². The molecule has 1 heteroatoms. The molecule has 0 unspecified atom stereocenters. The Balaban J connectivity index is 3.97. The van der Waals surface area contributed by atoms with Crippen molar-refractivity contribution in [2.75, 3.05) is 0 Å². The third-order valence-electron chi connectivity index (χ3n) is 2.08. The van der Waals surface area contributed by atoms with Gasteiger partial charge in [0.15, 0.2) is 0 Å². The lowest BCUT2D eigenvalue weighted by Crippen LogP contribution is -2.04. The highest BCUT2D eigenvalue weighted by molar-refractivity contribution is 5.09. The highest BCUT2D eigenvalue weighted by atomic mass is 14.5. The summed E-state index contributed by atoms with van der Waals surface area (Å²) in [5.74, 6) is 0. The van der Waals surface area contributed by atoms with Crippen LogP contribution in [0, 0.1) is 5.41 Å². The van der Waals surface area contributed by atoms with Gasteiger partial charge >= 0.3 is 0 Å². The molecule has 0 aromatic rings. The number of allylic oxidation sites excluding steroid dienone is 7. The highest BCUT2D eigenvalue weighted by Crippen LogP contribution is 2.22. The summed E-state index contributed by atoms with van der Waals surface area (Å²) in [6.45, 7) is 6.52. The average molecular weight is 205 g/mol. The van der Waals surface area contributed by atoms with Gasteiger partial charge in [-0.05, 0) is 31.4 Å². The first-order chi connectivity index (χ1) is 7.12. The van der Waals surface area contributed by atoms with E-state index in [1.165, 1.54) is 0 Å². The molecule has 0 amide bonds. The van der Waals surface area contributed by atoms with Crippen molar-refractivity contribution in [2.24, 2.45) is 11.1 Å². The van der Waals surface area contributed by atoms with E-state index >= 15 is 0 Å². The lowest BCUT2D eigenvalue weighted by Gasteiger charge is -2.16. The summed E-state index contributed by atoms with van der Waals surface area (Å²) in [4.78, 5) is 0. The first-order valence-electron chi connectivity index (χ1n) is 5.44. The van der Waals surface area contributed by atoms with Crippen molar-refractivity contribution in [3.63, 3.8) is 0 Å². The highest BCUT2D eigenvalue weighted by Gasteiger charge is 2.09. The number of nitrogens with two attached hydrogens (primary N) is 1. The zero-order valence-corrected chi connectivity index (χ0v) is 10.1. The second kappa shape index (κ2) is 8.10. The van der Waals surface area contributed by atoms with Crippen molar-refractivity contribution in [3.8, 4) is 0 Å². The molecule has 0 aliphatic carbocycles. The third-order valence-corrected chi connectivity index (χ3v) is 2.08. The average Bonchev–Trinajstić information content (AvgIpc) is 2.20. The predicted octanol–water partition coefficient (Wildman–Crippen LogP) is 3.95. The Kier molecular flexibility index (Phi) is 7.43. The summed E-state index contributed by atoms with van der Waals surface area (Å²) in [5.41, 5.74) is 5.46. The van der Waals surface area contributed by atoms with Crippen molar-refractivity contribution in [3.05, 3.63) is 48.7 Å². The smallest absolute Gasteiger partial charge is 0.00999 e. The van der Waals surface area contributed by atoms with Gasteiger partial charge in [0.25, 0.3) is 0 Å². The van der Waals surface area contributed by atoms with E-state index in [0.29, 0.717) is 0 Å². The zero-order valence-electron chi connectivity index (χ0n) is 10.1. The van der Waals surface area contributed by atoms with Crippen molar-refractivity contribution in [1.82, 2.24) is 0 Å². The lowest BCUT2D eigenvalue weighted by atomic mass is 9.89. The van der Waals surface area contributed by atoms with E-state index < -0.39 is 0 Å². The van der Waals surface area contributed by atoms with Crippen LogP contribution in [0.5, 0.6) is 0 Å². The van der Waals surface area contributed by atoms with Crippen LogP contribution in [0.4, 0.5) is 0 Å². The van der Waals surface area contributed by atoms with Crippen LogP contribution >= 0.6 is 0 Å². The predicted molar refractivity (Wildman–Crippen MR) is 69.4 cm³/mol. The van der Waals surface area contributed by atoms with Gasteiger partial charge in [-0.2, -0.15) is 0 Å². The van der Waals surface area contributed by atoms with Crippen LogP contribution in [0.2, 0.25) is 0 Å². The minimum atomic E-state index is 0.237. The van der Waals surface area contributed by atoms with Crippen molar-refractivity contribution < 1.29 is 0 Å². The van der Waals surface area contributed by atoms with E-state index in [1.54, 1.807) is 6.20 Å². The molecule has 84 valence electrons. The monoisotopic (exact) mass is 205 g/mol. The SMILES string of the molecule is CC=CCC(C)(C)/C=C\C=C/C/C=C\N. The van der Waals surface area contributed by atoms with Crippen LogP contribution in [0.1, 0.15) is 33.6 Å². The van der Waals surface area contributed by atoms with Crippen molar-refractivity contribution in [2.45, 2.75) is 33.6 Å². The Hall–Kier alpha value is -1.24. The molecular formula is C14H23N. The molecule has 0 saturated carbocycles. The molecule has 2 N–H and O–H groups in total. The van der Waals surface area contributed by atoms with E-state index in [9.17, 15) is 0 Å². The number of rotatable bonds is 6. The maximum Gasteiger partial charge on any atom is -0.00999 e. The summed E-state index contributed by atoms with van der Waals surface area (Å²) < 4.78 is 0. The van der Waals surface area contributed by atoms with Crippen LogP contribution in [0.25, 0.3) is 0 Å². The minimum absolute atomic E-state index is 0.237. The van der Waals surface area contributed by atoms with Gasteiger partial charge in [0.05, 0.1) is 0 Å². The quantitative estimate of drug-likeness (QED) is 0.515. The molecule has 0 aliphatic rings. The second-order valence-electron chi connectivity index (χ2n) is 4.21. The molecule has 0 aromatic carbocycles. The van der Waals surface area contributed by atoms with Crippen LogP contribution in [-0.2, 0) is 0 Å². The van der Waals surface area contributed by atoms with Crippen molar-refractivity contribution in [1.29, 1.82) is 0 Å². The van der Waals surface area contributed by atoms with Crippen LogP contribution < -0.4 is 5.73 Å². The van der Waals surface area contributed by atoms with Gasteiger partial charge in [0, 0.05) is 0 Å². The maximum absolute atomic E-state index is 5.23. The van der Waals surface area contributed by atoms with Gasteiger partial charge in [-0.15, -0.1) is 0 Å². The summed E-state index contributed by atoms with van der Waals surface area (Å²) in [7, 11) is 0. The molecule has 0 rings (SSSR count). The van der Waals surface area contributed by atoms with Gasteiger partial charge in [-0.25, -0.2) is 0 Å². The largest absolute Gasteiger partial charge is 0.405 e. The second-order valence-corrected chi connectivity index (χ2v) is 4.21. The van der Waals surface area contributed by atoms with Gasteiger partial charge in [-0.3, -0.25) is 0 Å². The molecule has 0 saturated heterocycles. The molecule has 0 aromatic heterocycles. The van der Waals surface area contributed by atoms with E-state index in [2.05, 4.69) is 57.2 Å². The summed E-state index contributed by atoms with van der Waals surface area (Å²) in [6.07, 6.45) is 18.3. The summed E-state index contributed by atoms with van der Waals surface area (Å²) in [5, 5.41) is 0. The molecule has 0 fully saturated rings. The molecule has 0 radical (unpaired) electrons. The van der Waals surface area contributed by atoms with E-state index in [4.69, 9.17) is 5.73 Å². The number of hydrogen-bond donors (Lipinski definition) is 1.